The van der Waals surface area contributed by atoms with E-state index in [0.29, 0.717) is 0 Å². The second-order valence-corrected chi connectivity index (χ2v) is 5.23. The van der Waals surface area contributed by atoms with Crippen molar-refractivity contribution in [3.8, 4) is 11.1 Å². The van der Waals surface area contributed by atoms with Gasteiger partial charge in [-0.2, -0.15) is 13.2 Å². The fourth-order valence-corrected chi connectivity index (χ4v) is 2.36. The molecule has 0 saturated heterocycles. The summed E-state index contributed by atoms with van der Waals surface area (Å²) in [6, 6.07) is 10.9. The molecule has 2 aromatic rings. The van der Waals surface area contributed by atoms with E-state index >= 15 is 0 Å². The highest BCUT2D eigenvalue weighted by Crippen LogP contribution is 2.32. The Bertz CT molecular complexity index is 615. The van der Waals surface area contributed by atoms with Gasteiger partial charge in [0.05, 0.1) is 5.56 Å². The Morgan fingerprint density at radius 1 is 1.00 bits per heavy atom. The molecule has 4 heteroatoms. The molecule has 0 spiro atoms. The van der Waals surface area contributed by atoms with Gasteiger partial charge in [-0.25, -0.2) is 0 Å². The lowest BCUT2D eigenvalue weighted by Crippen LogP contribution is -2.04. The van der Waals surface area contributed by atoms with Crippen LogP contribution < -0.4 is 0 Å². The number of hydrogen-bond donors (Lipinski definition) is 1. The third kappa shape index (κ3) is 3.45. The van der Waals surface area contributed by atoms with Crippen molar-refractivity contribution in [1.82, 2.24) is 0 Å². The number of aliphatic hydroxyl groups is 1. The average molecular weight is 294 g/mol. The molecule has 21 heavy (non-hydrogen) atoms. The van der Waals surface area contributed by atoms with Crippen molar-refractivity contribution in [2.75, 3.05) is 6.61 Å². The second kappa shape index (κ2) is 5.90. The van der Waals surface area contributed by atoms with E-state index in [0.717, 1.165) is 34.4 Å². The van der Waals surface area contributed by atoms with Crippen molar-refractivity contribution in [2.24, 2.45) is 0 Å². The summed E-state index contributed by atoms with van der Waals surface area (Å²) in [5.74, 6) is 0.0478. The summed E-state index contributed by atoms with van der Waals surface area (Å²) in [4.78, 5) is 0. The predicted octanol–water partition coefficient (Wildman–Crippen LogP) is 4.78. The first-order chi connectivity index (χ1) is 9.82. The smallest absolute Gasteiger partial charge is 0.396 e. The van der Waals surface area contributed by atoms with E-state index in [2.05, 4.69) is 0 Å². The molecule has 0 amide bonds. The molecule has 1 atom stereocenters. The fraction of sp³-hybridized carbons (Fsp3) is 0.294. The lowest BCUT2D eigenvalue weighted by atomic mass is 9.93. The first-order valence-corrected chi connectivity index (χ1v) is 6.72. The standard InChI is InChI=1S/C17H17F3O/c1-11-9-14(5-8-16(11)12(2)10-21)13-3-6-15(7-4-13)17(18,19)20/h3-9,12,21H,10H2,1-2H3/t12-/m0/s1. The van der Waals surface area contributed by atoms with Gasteiger partial charge in [-0.1, -0.05) is 37.3 Å². The van der Waals surface area contributed by atoms with Crippen molar-refractivity contribution in [3.63, 3.8) is 0 Å². The molecule has 0 radical (unpaired) electrons. The summed E-state index contributed by atoms with van der Waals surface area (Å²) in [5.41, 5.74) is 3.04. The molecule has 112 valence electrons. The normalized spacial score (nSPS) is 13.2. The first-order valence-electron chi connectivity index (χ1n) is 6.72. The van der Waals surface area contributed by atoms with E-state index in [1.807, 2.05) is 32.0 Å². The second-order valence-electron chi connectivity index (χ2n) is 5.23. The van der Waals surface area contributed by atoms with Crippen LogP contribution in [0.25, 0.3) is 11.1 Å². The van der Waals surface area contributed by atoms with E-state index < -0.39 is 11.7 Å². The summed E-state index contributed by atoms with van der Waals surface area (Å²) in [7, 11) is 0. The van der Waals surface area contributed by atoms with E-state index in [-0.39, 0.29) is 12.5 Å². The van der Waals surface area contributed by atoms with Gasteiger partial charge >= 0.3 is 6.18 Å². The topological polar surface area (TPSA) is 20.2 Å². The van der Waals surface area contributed by atoms with Gasteiger partial charge in [0.15, 0.2) is 0 Å². The van der Waals surface area contributed by atoms with Crippen LogP contribution in [0.3, 0.4) is 0 Å². The molecular formula is C17H17F3O. The summed E-state index contributed by atoms with van der Waals surface area (Å²) < 4.78 is 37.6. The number of halogens is 3. The number of rotatable bonds is 3. The van der Waals surface area contributed by atoms with Crippen molar-refractivity contribution in [2.45, 2.75) is 25.9 Å². The number of hydrogen-bond acceptors (Lipinski definition) is 1. The fourth-order valence-electron chi connectivity index (χ4n) is 2.36. The Morgan fingerprint density at radius 3 is 2.05 bits per heavy atom. The van der Waals surface area contributed by atoms with Crippen LogP contribution >= 0.6 is 0 Å². The molecule has 0 aliphatic carbocycles. The Kier molecular flexibility index (Phi) is 4.37. The Labute approximate surface area is 122 Å². The quantitative estimate of drug-likeness (QED) is 0.864. The van der Waals surface area contributed by atoms with Crippen molar-refractivity contribution in [1.29, 1.82) is 0 Å². The van der Waals surface area contributed by atoms with Crippen LogP contribution in [0.2, 0.25) is 0 Å². The van der Waals surface area contributed by atoms with Crippen LogP contribution in [0.5, 0.6) is 0 Å². The molecule has 0 unspecified atom stereocenters. The Hall–Kier alpha value is -1.81. The molecule has 0 aliphatic rings. The molecule has 1 N–H and O–H groups in total. The summed E-state index contributed by atoms with van der Waals surface area (Å²) in [5, 5.41) is 9.20. The van der Waals surface area contributed by atoms with E-state index in [9.17, 15) is 18.3 Å². The molecule has 1 nitrogen and oxygen atoms in total. The van der Waals surface area contributed by atoms with Crippen molar-refractivity contribution < 1.29 is 18.3 Å². The minimum absolute atomic E-state index is 0.0478. The summed E-state index contributed by atoms with van der Waals surface area (Å²) in [6.07, 6.45) is -4.31. The minimum atomic E-state index is -4.31. The van der Waals surface area contributed by atoms with Crippen LogP contribution in [-0.2, 0) is 6.18 Å². The maximum atomic E-state index is 12.5. The van der Waals surface area contributed by atoms with Crippen molar-refractivity contribution >= 4 is 0 Å². The Balaban J connectivity index is 2.33. The van der Waals surface area contributed by atoms with Gasteiger partial charge in [0.25, 0.3) is 0 Å². The SMILES string of the molecule is Cc1cc(-c2ccc(C(F)(F)F)cc2)ccc1[C@@H](C)CO. The van der Waals surface area contributed by atoms with Crippen LogP contribution in [-0.4, -0.2) is 11.7 Å². The van der Waals surface area contributed by atoms with E-state index in [4.69, 9.17) is 0 Å². The molecule has 0 bridgehead atoms. The zero-order chi connectivity index (χ0) is 15.6. The highest BCUT2D eigenvalue weighted by Gasteiger charge is 2.29. The maximum absolute atomic E-state index is 12.5. The average Bonchev–Trinajstić information content (AvgIpc) is 2.45. The van der Waals surface area contributed by atoms with Gasteiger partial charge in [0.2, 0.25) is 0 Å². The summed E-state index contributed by atoms with van der Waals surface area (Å²) in [6.45, 7) is 3.94. The van der Waals surface area contributed by atoms with Crippen LogP contribution in [0.15, 0.2) is 42.5 Å². The number of aryl methyl sites for hydroxylation is 1. The van der Waals surface area contributed by atoms with Gasteiger partial charge < -0.3 is 5.11 Å². The van der Waals surface area contributed by atoms with Gasteiger partial charge in [-0.05, 0) is 41.3 Å². The van der Waals surface area contributed by atoms with Crippen molar-refractivity contribution in [3.05, 3.63) is 59.2 Å². The lowest BCUT2D eigenvalue weighted by Gasteiger charge is -2.14. The molecule has 2 aromatic carbocycles. The van der Waals surface area contributed by atoms with Gasteiger partial charge in [-0.15, -0.1) is 0 Å². The zero-order valence-corrected chi connectivity index (χ0v) is 11.9. The molecule has 0 saturated carbocycles. The predicted molar refractivity (Wildman–Crippen MR) is 77.1 cm³/mol. The largest absolute Gasteiger partial charge is 0.416 e. The molecule has 0 aliphatic heterocycles. The zero-order valence-electron chi connectivity index (χ0n) is 11.9. The van der Waals surface area contributed by atoms with Crippen LogP contribution in [0.4, 0.5) is 13.2 Å². The third-order valence-corrected chi connectivity index (χ3v) is 3.62. The van der Waals surface area contributed by atoms with Crippen LogP contribution in [0, 0.1) is 6.92 Å². The Morgan fingerprint density at radius 2 is 1.57 bits per heavy atom. The third-order valence-electron chi connectivity index (χ3n) is 3.62. The van der Waals surface area contributed by atoms with E-state index in [1.54, 1.807) is 0 Å². The number of alkyl halides is 3. The van der Waals surface area contributed by atoms with Gasteiger partial charge in [0.1, 0.15) is 0 Å². The molecule has 0 heterocycles. The minimum Gasteiger partial charge on any atom is -0.396 e. The van der Waals surface area contributed by atoms with Gasteiger partial charge in [-0.3, -0.25) is 0 Å². The maximum Gasteiger partial charge on any atom is 0.416 e. The summed E-state index contributed by atoms with van der Waals surface area (Å²) >= 11 is 0. The molecular weight excluding hydrogens is 277 g/mol. The molecule has 2 rings (SSSR count). The first kappa shape index (κ1) is 15.6. The van der Waals surface area contributed by atoms with E-state index in [1.165, 1.54) is 12.1 Å². The monoisotopic (exact) mass is 294 g/mol. The number of aliphatic hydroxyl groups excluding tert-OH is 1. The number of benzene rings is 2. The lowest BCUT2D eigenvalue weighted by molar-refractivity contribution is -0.137. The molecule has 0 fully saturated rings. The highest BCUT2D eigenvalue weighted by atomic mass is 19.4. The van der Waals surface area contributed by atoms with Gasteiger partial charge in [0, 0.05) is 12.5 Å². The highest BCUT2D eigenvalue weighted by molar-refractivity contribution is 5.65. The molecule has 0 aromatic heterocycles. The van der Waals surface area contributed by atoms with Crippen LogP contribution in [0.1, 0.15) is 29.5 Å².